The molecule has 1 aromatic carbocycles. The molecular weight excluding hydrogens is 272 g/mol. The van der Waals surface area contributed by atoms with Gasteiger partial charge < -0.3 is 0 Å². The van der Waals surface area contributed by atoms with Crippen LogP contribution < -0.4 is 4.72 Å². The van der Waals surface area contributed by atoms with Crippen molar-refractivity contribution in [3.63, 3.8) is 0 Å². The number of benzene rings is 1. The van der Waals surface area contributed by atoms with Crippen molar-refractivity contribution in [1.82, 2.24) is 9.71 Å². The molecule has 0 saturated carbocycles. The molecule has 2 rings (SSSR count). The predicted molar refractivity (Wildman–Crippen MR) is 78.8 cm³/mol. The second-order valence-corrected chi connectivity index (χ2v) is 6.45. The van der Waals surface area contributed by atoms with Gasteiger partial charge in [0.25, 0.3) is 0 Å². The topological polar surface area (TPSA) is 59.1 Å². The van der Waals surface area contributed by atoms with Crippen LogP contribution in [0, 0.1) is 0 Å². The maximum Gasteiger partial charge on any atom is 0.242 e. The van der Waals surface area contributed by atoms with Gasteiger partial charge >= 0.3 is 0 Å². The molecule has 0 aliphatic heterocycles. The lowest BCUT2D eigenvalue weighted by Gasteiger charge is -2.14. The van der Waals surface area contributed by atoms with E-state index in [4.69, 9.17) is 0 Å². The minimum absolute atomic E-state index is 0.125. The number of sulfonamides is 1. The molecule has 0 aliphatic rings. The third kappa shape index (κ3) is 4.15. The van der Waals surface area contributed by atoms with Gasteiger partial charge in [0.05, 0.1) is 0 Å². The van der Waals surface area contributed by atoms with Crippen molar-refractivity contribution < 1.29 is 8.42 Å². The molecule has 0 saturated heterocycles. The number of pyridine rings is 1. The lowest BCUT2D eigenvalue weighted by atomic mass is 10.1. The molecule has 20 heavy (non-hydrogen) atoms. The van der Waals surface area contributed by atoms with E-state index in [0.29, 0.717) is 0 Å². The first-order valence-corrected chi connectivity index (χ1v) is 8.02. The molecule has 0 amide bonds. The zero-order valence-corrected chi connectivity index (χ0v) is 12.2. The monoisotopic (exact) mass is 290 g/mol. The Labute approximate surface area is 119 Å². The summed E-state index contributed by atoms with van der Waals surface area (Å²) in [5.74, 6) is 0. The van der Waals surface area contributed by atoms with Gasteiger partial charge in [-0.2, -0.15) is 0 Å². The Morgan fingerprint density at radius 1 is 1.15 bits per heavy atom. The van der Waals surface area contributed by atoms with Crippen LogP contribution in [0.25, 0.3) is 0 Å². The number of nitrogens with one attached hydrogen (secondary N) is 1. The van der Waals surface area contributed by atoms with E-state index in [0.717, 1.165) is 12.8 Å². The number of aryl methyl sites for hydroxylation is 1. The van der Waals surface area contributed by atoms with E-state index in [-0.39, 0.29) is 10.9 Å². The van der Waals surface area contributed by atoms with Crippen molar-refractivity contribution in [2.75, 3.05) is 0 Å². The first-order valence-electron chi connectivity index (χ1n) is 6.54. The van der Waals surface area contributed by atoms with Gasteiger partial charge in [-0.05, 0) is 37.5 Å². The Bertz CT molecular complexity index is 627. The molecule has 1 heterocycles. The highest BCUT2D eigenvalue weighted by Gasteiger charge is 2.17. The quantitative estimate of drug-likeness (QED) is 0.888. The SMILES string of the molecule is CC(CCc1ccccc1)NS(=O)(=O)c1cccnc1. The zero-order chi connectivity index (χ0) is 14.4. The third-order valence-electron chi connectivity index (χ3n) is 3.01. The molecule has 1 aromatic heterocycles. The molecule has 1 unspecified atom stereocenters. The van der Waals surface area contributed by atoms with Crippen LogP contribution in [-0.2, 0) is 16.4 Å². The van der Waals surface area contributed by atoms with Gasteiger partial charge in [-0.25, -0.2) is 13.1 Å². The minimum Gasteiger partial charge on any atom is -0.263 e. The van der Waals surface area contributed by atoms with Gasteiger partial charge in [0, 0.05) is 18.4 Å². The van der Waals surface area contributed by atoms with Crippen LogP contribution in [0.3, 0.4) is 0 Å². The summed E-state index contributed by atoms with van der Waals surface area (Å²) < 4.78 is 26.9. The van der Waals surface area contributed by atoms with Gasteiger partial charge in [0.1, 0.15) is 4.90 Å². The van der Waals surface area contributed by atoms with Gasteiger partial charge in [0.15, 0.2) is 0 Å². The summed E-state index contributed by atoms with van der Waals surface area (Å²) in [5, 5.41) is 0. The Hall–Kier alpha value is -1.72. The van der Waals surface area contributed by atoms with Gasteiger partial charge in [-0.3, -0.25) is 4.98 Å². The number of rotatable bonds is 6. The Kier molecular flexibility index (Phi) is 4.87. The van der Waals surface area contributed by atoms with Crippen molar-refractivity contribution in [3.8, 4) is 0 Å². The molecule has 0 fully saturated rings. The average molecular weight is 290 g/mol. The van der Waals surface area contributed by atoms with E-state index >= 15 is 0 Å². The fourth-order valence-electron chi connectivity index (χ4n) is 1.93. The molecule has 1 N–H and O–H groups in total. The minimum atomic E-state index is -3.48. The van der Waals surface area contributed by atoms with E-state index in [1.165, 1.54) is 11.8 Å². The second kappa shape index (κ2) is 6.63. The molecule has 5 heteroatoms. The van der Waals surface area contributed by atoms with Crippen molar-refractivity contribution in [2.24, 2.45) is 0 Å². The van der Waals surface area contributed by atoms with Crippen LogP contribution in [0.1, 0.15) is 18.9 Å². The Morgan fingerprint density at radius 3 is 2.55 bits per heavy atom. The molecule has 1 atom stereocenters. The maximum absolute atomic E-state index is 12.1. The fourth-order valence-corrected chi connectivity index (χ4v) is 3.17. The van der Waals surface area contributed by atoms with Gasteiger partial charge in [0.2, 0.25) is 10.0 Å². The maximum atomic E-state index is 12.1. The van der Waals surface area contributed by atoms with E-state index in [1.54, 1.807) is 18.3 Å². The van der Waals surface area contributed by atoms with Crippen LogP contribution in [0.15, 0.2) is 59.8 Å². The smallest absolute Gasteiger partial charge is 0.242 e. The molecular formula is C15H18N2O2S. The summed E-state index contributed by atoms with van der Waals surface area (Å²) in [5.41, 5.74) is 1.21. The molecule has 0 radical (unpaired) electrons. The lowest BCUT2D eigenvalue weighted by Crippen LogP contribution is -2.33. The van der Waals surface area contributed by atoms with E-state index < -0.39 is 10.0 Å². The van der Waals surface area contributed by atoms with Gasteiger partial charge in [-0.1, -0.05) is 30.3 Å². The summed E-state index contributed by atoms with van der Waals surface area (Å²) in [6, 6.07) is 13.1. The third-order valence-corrected chi connectivity index (χ3v) is 4.58. The standard InChI is InChI=1S/C15H18N2O2S/c1-13(9-10-14-6-3-2-4-7-14)17-20(18,19)15-8-5-11-16-12-15/h2-8,11-13,17H,9-10H2,1H3. The molecule has 0 spiro atoms. The number of nitrogens with zero attached hydrogens (tertiary/aromatic N) is 1. The molecule has 106 valence electrons. The highest BCUT2D eigenvalue weighted by atomic mass is 32.2. The zero-order valence-electron chi connectivity index (χ0n) is 11.4. The first-order chi connectivity index (χ1) is 9.58. The van der Waals surface area contributed by atoms with E-state index in [9.17, 15) is 8.42 Å². The molecule has 4 nitrogen and oxygen atoms in total. The van der Waals surface area contributed by atoms with Crippen LogP contribution in [0.2, 0.25) is 0 Å². The van der Waals surface area contributed by atoms with E-state index in [1.807, 2.05) is 37.3 Å². The summed E-state index contributed by atoms with van der Waals surface area (Å²) >= 11 is 0. The Morgan fingerprint density at radius 2 is 1.90 bits per heavy atom. The summed E-state index contributed by atoms with van der Waals surface area (Å²) in [6.07, 6.45) is 4.51. The first kappa shape index (κ1) is 14.7. The van der Waals surface area contributed by atoms with Crippen molar-refractivity contribution in [1.29, 1.82) is 0 Å². The molecule has 2 aromatic rings. The molecule has 0 aliphatic carbocycles. The highest BCUT2D eigenvalue weighted by molar-refractivity contribution is 7.89. The van der Waals surface area contributed by atoms with Crippen molar-refractivity contribution >= 4 is 10.0 Å². The Balaban J connectivity index is 1.93. The number of aromatic nitrogens is 1. The second-order valence-electron chi connectivity index (χ2n) is 4.74. The van der Waals surface area contributed by atoms with Crippen LogP contribution >= 0.6 is 0 Å². The summed E-state index contributed by atoms with van der Waals surface area (Å²) in [4.78, 5) is 4.03. The summed E-state index contributed by atoms with van der Waals surface area (Å²) in [7, 11) is -3.48. The summed E-state index contributed by atoms with van der Waals surface area (Å²) in [6.45, 7) is 1.87. The van der Waals surface area contributed by atoms with Crippen molar-refractivity contribution in [2.45, 2.75) is 30.7 Å². The fraction of sp³-hybridized carbons (Fsp3) is 0.267. The predicted octanol–water partition coefficient (Wildman–Crippen LogP) is 2.38. The normalized spacial score (nSPS) is 13.1. The van der Waals surface area contributed by atoms with Crippen molar-refractivity contribution in [3.05, 3.63) is 60.4 Å². The van der Waals surface area contributed by atoms with Gasteiger partial charge in [-0.15, -0.1) is 0 Å². The highest BCUT2D eigenvalue weighted by Crippen LogP contribution is 2.09. The lowest BCUT2D eigenvalue weighted by molar-refractivity contribution is 0.546. The van der Waals surface area contributed by atoms with E-state index in [2.05, 4.69) is 9.71 Å². The average Bonchev–Trinajstić information content (AvgIpc) is 2.47. The number of hydrogen-bond acceptors (Lipinski definition) is 3. The number of hydrogen-bond donors (Lipinski definition) is 1. The van der Waals surface area contributed by atoms with Crippen LogP contribution in [0.5, 0.6) is 0 Å². The van der Waals surface area contributed by atoms with Crippen LogP contribution in [0.4, 0.5) is 0 Å². The largest absolute Gasteiger partial charge is 0.263 e. The molecule has 0 bridgehead atoms. The van der Waals surface area contributed by atoms with Crippen LogP contribution in [-0.4, -0.2) is 19.4 Å².